The monoisotopic (exact) mass is 219 g/mol. The molecule has 1 atom stereocenters. The molecule has 0 saturated carbocycles. The van der Waals surface area contributed by atoms with Crippen molar-refractivity contribution in [2.24, 2.45) is 0 Å². The summed E-state index contributed by atoms with van der Waals surface area (Å²) in [6.07, 6.45) is 5.89. The largest absolute Gasteiger partial charge is 0.363 e. The summed E-state index contributed by atoms with van der Waals surface area (Å²) < 4.78 is 0. The van der Waals surface area contributed by atoms with Gasteiger partial charge in [0.2, 0.25) is 0 Å². The molecular weight excluding hydrogens is 198 g/mol. The smallest absolute Gasteiger partial charge is 0.130 e. The van der Waals surface area contributed by atoms with Crippen molar-refractivity contribution in [1.29, 1.82) is 0 Å². The average Bonchev–Trinajstić information content (AvgIpc) is 2.29. The molecule has 0 radical (unpaired) electrons. The van der Waals surface area contributed by atoms with Gasteiger partial charge in [0.15, 0.2) is 0 Å². The van der Waals surface area contributed by atoms with Crippen LogP contribution in [0, 0.1) is 6.92 Å². The van der Waals surface area contributed by atoms with Gasteiger partial charge in [0.25, 0.3) is 0 Å². The zero-order valence-electron chi connectivity index (χ0n) is 10.5. The summed E-state index contributed by atoms with van der Waals surface area (Å²) in [6.45, 7) is 3.27. The highest BCUT2D eigenvalue weighted by Crippen LogP contribution is 2.25. The first-order valence-corrected chi connectivity index (χ1v) is 6.06. The Morgan fingerprint density at radius 3 is 2.75 bits per heavy atom. The number of rotatable bonds is 2. The molecule has 1 saturated heterocycles. The Hall–Kier alpha value is -1.09. The van der Waals surface area contributed by atoms with Crippen LogP contribution in [0.4, 0.5) is 5.82 Å². The van der Waals surface area contributed by atoms with Crippen LogP contribution in [0.3, 0.4) is 0 Å². The Bertz CT molecular complexity index is 354. The van der Waals surface area contributed by atoms with Crippen LogP contribution in [0.25, 0.3) is 0 Å². The Morgan fingerprint density at radius 2 is 2.19 bits per heavy atom. The molecule has 2 rings (SSSR count). The number of aromatic nitrogens is 1. The Labute approximate surface area is 97.9 Å². The summed E-state index contributed by atoms with van der Waals surface area (Å²) >= 11 is 0. The van der Waals surface area contributed by atoms with E-state index in [0.717, 1.165) is 12.4 Å². The van der Waals surface area contributed by atoms with Gasteiger partial charge in [0.05, 0.1) is 0 Å². The molecule has 0 spiro atoms. The first-order chi connectivity index (χ1) is 7.68. The second kappa shape index (κ2) is 4.83. The Balaban J connectivity index is 2.19. The van der Waals surface area contributed by atoms with E-state index < -0.39 is 0 Å². The van der Waals surface area contributed by atoms with Crippen molar-refractivity contribution in [1.82, 2.24) is 10.3 Å². The van der Waals surface area contributed by atoms with Gasteiger partial charge >= 0.3 is 0 Å². The van der Waals surface area contributed by atoms with Gasteiger partial charge in [0, 0.05) is 26.3 Å². The van der Waals surface area contributed by atoms with Crippen LogP contribution in [-0.2, 0) is 0 Å². The summed E-state index contributed by atoms with van der Waals surface area (Å²) in [4.78, 5) is 6.60. The van der Waals surface area contributed by atoms with E-state index in [1.54, 1.807) is 0 Å². The lowest BCUT2D eigenvalue weighted by Gasteiger charge is -2.24. The predicted octanol–water partition coefficient (Wildman–Crippen LogP) is 2.27. The van der Waals surface area contributed by atoms with Crippen molar-refractivity contribution in [3.8, 4) is 0 Å². The minimum absolute atomic E-state index is 0.510. The maximum Gasteiger partial charge on any atom is 0.130 e. The van der Waals surface area contributed by atoms with Crippen LogP contribution < -0.4 is 10.2 Å². The van der Waals surface area contributed by atoms with Crippen molar-refractivity contribution in [2.75, 3.05) is 25.5 Å². The summed E-state index contributed by atoms with van der Waals surface area (Å²) in [5.74, 6) is 1.07. The molecule has 1 N–H and O–H groups in total. The van der Waals surface area contributed by atoms with Gasteiger partial charge in [-0.05, 0) is 43.5 Å². The molecule has 3 nitrogen and oxygen atoms in total. The fourth-order valence-corrected chi connectivity index (χ4v) is 2.38. The van der Waals surface area contributed by atoms with Gasteiger partial charge in [-0.1, -0.05) is 6.42 Å². The first-order valence-electron chi connectivity index (χ1n) is 6.06. The number of anilines is 1. The maximum atomic E-state index is 4.54. The zero-order chi connectivity index (χ0) is 11.5. The van der Waals surface area contributed by atoms with Crippen molar-refractivity contribution < 1.29 is 0 Å². The van der Waals surface area contributed by atoms with Crippen molar-refractivity contribution in [2.45, 2.75) is 32.2 Å². The SMILES string of the molecule is Cc1cc([C@H]2CCCCN2)cnc1N(C)C. The second-order valence-electron chi connectivity index (χ2n) is 4.81. The van der Waals surface area contributed by atoms with Gasteiger partial charge in [-0.3, -0.25) is 0 Å². The molecule has 0 aliphatic carbocycles. The molecule has 2 heterocycles. The number of hydrogen-bond acceptors (Lipinski definition) is 3. The minimum atomic E-state index is 0.510. The summed E-state index contributed by atoms with van der Waals surface area (Å²) in [5, 5.41) is 3.56. The van der Waals surface area contributed by atoms with E-state index in [1.807, 2.05) is 20.3 Å². The van der Waals surface area contributed by atoms with E-state index in [0.29, 0.717) is 6.04 Å². The summed E-state index contributed by atoms with van der Waals surface area (Å²) in [5.41, 5.74) is 2.60. The summed E-state index contributed by atoms with van der Waals surface area (Å²) in [6, 6.07) is 2.78. The zero-order valence-corrected chi connectivity index (χ0v) is 10.5. The molecule has 0 aromatic carbocycles. The van der Waals surface area contributed by atoms with Crippen LogP contribution in [0.2, 0.25) is 0 Å². The van der Waals surface area contributed by atoms with E-state index in [9.17, 15) is 0 Å². The highest BCUT2D eigenvalue weighted by atomic mass is 15.1. The molecule has 3 heteroatoms. The molecule has 1 aliphatic heterocycles. The van der Waals surface area contributed by atoms with Gasteiger partial charge in [-0.25, -0.2) is 4.98 Å². The minimum Gasteiger partial charge on any atom is -0.363 e. The fraction of sp³-hybridized carbons (Fsp3) is 0.615. The lowest BCUT2D eigenvalue weighted by molar-refractivity contribution is 0.411. The number of pyridine rings is 1. The van der Waals surface area contributed by atoms with Crippen molar-refractivity contribution >= 4 is 5.82 Å². The lowest BCUT2D eigenvalue weighted by atomic mass is 9.98. The third-order valence-corrected chi connectivity index (χ3v) is 3.21. The molecular formula is C13H21N3. The molecule has 0 amide bonds. The van der Waals surface area contributed by atoms with Gasteiger partial charge in [-0.2, -0.15) is 0 Å². The molecule has 0 bridgehead atoms. The molecule has 1 aromatic heterocycles. The van der Waals surface area contributed by atoms with E-state index in [2.05, 4.69) is 28.2 Å². The number of nitrogens with zero attached hydrogens (tertiary/aromatic N) is 2. The molecule has 1 fully saturated rings. The van der Waals surface area contributed by atoms with Crippen LogP contribution >= 0.6 is 0 Å². The van der Waals surface area contributed by atoms with E-state index in [-0.39, 0.29) is 0 Å². The highest BCUT2D eigenvalue weighted by molar-refractivity contribution is 5.46. The van der Waals surface area contributed by atoms with Gasteiger partial charge < -0.3 is 10.2 Å². The van der Waals surface area contributed by atoms with E-state index in [1.165, 1.54) is 30.4 Å². The van der Waals surface area contributed by atoms with Crippen LogP contribution in [0.15, 0.2) is 12.3 Å². The Kier molecular flexibility index (Phi) is 3.44. The van der Waals surface area contributed by atoms with E-state index >= 15 is 0 Å². The summed E-state index contributed by atoms with van der Waals surface area (Å²) in [7, 11) is 4.07. The molecule has 0 unspecified atom stereocenters. The number of piperidine rings is 1. The molecule has 1 aliphatic rings. The van der Waals surface area contributed by atoms with Crippen LogP contribution in [0.1, 0.15) is 36.4 Å². The topological polar surface area (TPSA) is 28.2 Å². The lowest BCUT2D eigenvalue weighted by Crippen LogP contribution is -2.27. The van der Waals surface area contributed by atoms with Crippen LogP contribution in [0.5, 0.6) is 0 Å². The number of nitrogens with one attached hydrogen (secondary N) is 1. The fourth-order valence-electron chi connectivity index (χ4n) is 2.38. The van der Waals surface area contributed by atoms with Crippen molar-refractivity contribution in [3.05, 3.63) is 23.4 Å². The predicted molar refractivity (Wildman–Crippen MR) is 67.9 cm³/mol. The van der Waals surface area contributed by atoms with Crippen LogP contribution in [-0.4, -0.2) is 25.6 Å². The number of hydrogen-bond donors (Lipinski definition) is 1. The third-order valence-electron chi connectivity index (χ3n) is 3.21. The van der Waals surface area contributed by atoms with Gasteiger partial charge in [0.1, 0.15) is 5.82 Å². The molecule has 1 aromatic rings. The van der Waals surface area contributed by atoms with Crippen molar-refractivity contribution in [3.63, 3.8) is 0 Å². The normalized spacial score (nSPS) is 20.8. The Morgan fingerprint density at radius 1 is 1.38 bits per heavy atom. The standard InChI is InChI=1S/C13H21N3/c1-10-8-11(9-15-13(10)16(2)3)12-6-4-5-7-14-12/h8-9,12,14H,4-7H2,1-3H3/t12-/m1/s1. The third kappa shape index (κ3) is 2.35. The highest BCUT2D eigenvalue weighted by Gasteiger charge is 2.16. The number of aryl methyl sites for hydroxylation is 1. The quantitative estimate of drug-likeness (QED) is 0.827. The van der Waals surface area contributed by atoms with Gasteiger partial charge in [-0.15, -0.1) is 0 Å². The second-order valence-corrected chi connectivity index (χ2v) is 4.81. The molecule has 16 heavy (non-hydrogen) atoms. The maximum absolute atomic E-state index is 4.54. The average molecular weight is 219 g/mol. The molecule has 88 valence electrons. The van der Waals surface area contributed by atoms with E-state index in [4.69, 9.17) is 0 Å². The first kappa shape index (κ1) is 11.4.